The molecule has 166 valence electrons. The van der Waals surface area contributed by atoms with E-state index in [4.69, 9.17) is 9.47 Å². The number of ether oxygens (including phenoxy) is 2. The van der Waals surface area contributed by atoms with Gasteiger partial charge in [-0.2, -0.15) is 0 Å². The lowest BCUT2D eigenvalue weighted by atomic mass is 9.93. The highest BCUT2D eigenvalue weighted by Gasteiger charge is 2.21. The lowest BCUT2D eigenvalue weighted by molar-refractivity contribution is 0.0600. The molecule has 0 fully saturated rings. The molecule has 0 spiro atoms. The molecule has 4 aromatic carbocycles. The number of esters is 1. The van der Waals surface area contributed by atoms with Gasteiger partial charge in [-0.3, -0.25) is 0 Å². The number of carbonyl (C=O) groups excluding carboxylic acids is 1. The first-order chi connectivity index (χ1) is 16.7. The highest BCUT2D eigenvalue weighted by atomic mass is 16.5. The minimum atomic E-state index is -0.368. The van der Waals surface area contributed by atoms with E-state index < -0.39 is 0 Å². The van der Waals surface area contributed by atoms with Gasteiger partial charge >= 0.3 is 5.97 Å². The van der Waals surface area contributed by atoms with Crippen LogP contribution in [0.5, 0.6) is 5.75 Å². The highest BCUT2D eigenvalue weighted by Crippen LogP contribution is 2.37. The standard InChI is InChI=1S/C29H22N2O3/c1-33-29(32)21-10-11-28-25(14-21)24(23-9-5-4-8-22(23)17-34-28)12-13-31-18-30-26-15-19-6-2-3-7-20(19)16-27(26)31/h2-12,14-16,18H,13,17H2,1H3/b24-12+. The Balaban J connectivity index is 1.49. The third-order valence-electron chi connectivity index (χ3n) is 6.36. The molecule has 34 heavy (non-hydrogen) atoms. The summed E-state index contributed by atoms with van der Waals surface area (Å²) < 4.78 is 13.2. The summed E-state index contributed by atoms with van der Waals surface area (Å²) in [5.41, 5.74) is 6.64. The van der Waals surface area contributed by atoms with Crippen molar-refractivity contribution in [2.75, 3.05) is 7.11 Å². The summed E-state index contributed by atoms with van der Waals surface area (Å²) in [6, 6.07) is 26.3. The van der Waals surface area contributed by atoms with Gasteiger partial charge in [-0.25, -0.2) is 9.78 Å². The molecule has 0 bridgehead atoms. The van der Waals surface area contributed by atoms with Crippen molar-refractivity contribution in [2.24, 2.45) is 0 Å². The molecule has 5 heteroatoms. The maximum atomic E-state index is 12.2. The van der Waals surface area contributed by atoms with Crippen molar-refractivity contribution in [3.63, 3.8) is 0 Å². The second-order valence-electron chi connectivity index (χ2n) is 8.35. The lowest BCUT2D eigenvalue weighted by Crippen LogP contribution is -2.03. The fraction of sp³-hybridized carbons (Fsp3) is 0.103. The molecule has 1 aliphatic heterocycles. The zero-order chi connectivity index (χ0) is 23.1. The van der Waals surface area contributed by atoms with E-state index in [1.54, 1.807) is 6.07 Å². The van der Waals surface area contributed by atoms with Crippen molar-refractivity contribution < 1.29 is 14.3 Å². The minimum Gasteiger partial charge on any atom is -0.488 e. The summed E-state index contributed by atoms with van der Waals surface area (Å²) >= 11 is 0. The van der Waals surface area contributed by atoms with Crippen LogP contribution in [0, 0.1) is 0 Å². The van der Waals surface area contributed by atoms with Crippen LogP contribution in [0.3, 0.4) is 0 Å². The molecule has 0 unspecified atom stereocenters. The Kier molecular flexibility index (Phi) is 4.88. The first kappa shape index (κ1) is 20.2. The number of hydrogen-bond donors (Lipinski definition) is 0. The molecule has 0 amide bonds. The molecule has 0 N–H and O–H groups in total. The fourth-order valence-corrected chi connectivity index (χ4v) is 4.62. The van der Waals surface area contributed by atoms with Gasteiger partial charge in [-0.05, 0) is 57.8 Å². The third-order valence-corrected chi connectivity index (χ3v) is 6.36. The Bertz CT molecular complexity index is 1600. The Hall–Kier alpha value is -4.38. The largest absolute Gasteiger partial charge is 0.488 e. The Morgan fingerprint density at radius 3 is 2.65 bits per heavy atom. The molecular formula is C29H22N2O3. The van der Waals surface area contributed by atoms with E-state index in [-0.39, 0.29) is 5.97 Å². The van der Waals surface area contributed by atoms with Gasteiger partial charge in [0.25, 0.3) is 0 Å². The van der Waals surface area contributed by atoms with Crippen molar-refractivity contribution in [2.45, 2.75) is 13.2 Å². The van der Waals surface area contributed by atoms with Gasteiger partial charge in [-0.15, -0.1) is 0 Å². The molecule has 6 rings (SSSR count). The number of hydrogen-bond acceptors (Lipinski definition) is 4. The first-order valence-electron chi connectivity index (χ1n) is 11.2. The molecule has 0 saturated heterocycles. The monoisotopic (exact) mass is 446 g/mol. The summed E-state index contributed by atoms with van der Waals surface area (Å²) in [6.45, 7) is 1.10. The number of aromatic nitrogens is 2. The molecular weight excluding hydrogens is 424 g/mol. The number of methoxy groups -OCH3 is 1. The van der Waals surface area contributed by atoms with Crippen LogP contribution in [0.25, 0.3) is 27.4 Å². The summed E-state index contributed by atoms with van der Waals surface area (Å²) in [6.07, 6.45) is 4.06. The van der Waals surface area contributed by atoms with E-state index in [1.165, 1.54) is 17.9 Å². The van der Waals surface area contributed by atoms with E-state index in [9.17, 15) is 4.79 Å². The van der Waals surface area contributed by atoms with Crippen molar-refractivity contribution in [1.82, 2.24) is 9.55 Å². The van der Waals surface area contributed by atoms with E-state index in [1.807, 2.05) is 36.7 Å². The van der Waals surface area contributed by atoms with Crippen LogP contribution < -0.4 is 4.74 Å². The van der Waals surface area contributed by atoms with Crippen LogP contribution in [0.1, 0.15) is 27.0 Å². The van der Waals surface area contributed by atoms with Gasteiger partial charge < -0.3 is 14.0 Å². The van der Waals surface area contributed by atoms with Gasteiger partial charge in [0.05, 0.1) is 30.0 Å². The lowest BCUT2D eigenvalue weighted by Gasteiger charge is -2.12. The normalized spacial score (nSPS) is 13.9. The summed E-state index contributed by atoms with van der Waals surface area (Å²) in [4.78, 5) is 16.9. The Labute approximate surface area is 196 Å². The number of nitrogens with zero attached hydrogens (tertiary/aromatic N) is 2. The Morgan fingerprint density at radius 1 is 1.00 bits per heavy atom. The van der Waals surface area contributed by atoms with Crippen LogP contribution in [-0.4, -0.2) is 22.6 Å². The second kappa shape index (κ2) is 8.19. The molecule has 0 aliphatic carbocycles. The van der Waals surface area contributed by atoms with Crippen molar-refractivity contribution in [3.8, 4) is 5.75 Å². The average Bonchev–Trinajstić information content (AvgIpc) is 3.20. The van der Waals surface area contributed by atoms with Crippen LogP contribution >= 0.6 is 0 Å². The predicted molar refractivity (Wildman–Crippen MR) is 133 cm³/mol. The molecule has 0 radical (unpaired) electrons. The molecule has 1 aliphatic rings. The van der Waals surface area contributed by atoms with E-state index >= 15 is 0 Å². The summed E-state index contributed by atoms with van der Waals surface area (Å²) in [7, 11) is 1.39. The topological polar surface area (TPSA) is 53.4 Å². The van der Waals surface area contributed by atoms with E-state index in [0.717, 1.165) is 39.0 Å². The molecule has 1 aromatic heterocycles. The van der Waals surface area contributed by atoms with Gasteiger partial charge in [-0.1, -0.05) is 54.6 Å². The van der Waals surface area contributed by atoms with Crippen LogP contribution in [0.15, 0.2) is 91.3 Å². The zero-order valence-electron chi connectivity index (χ0n) is 18.7. The average molecular weight is 447 g/mol. The van der Waals surface area contributed by atoms with Gasteiger partial charge in [0.1, 0.15) is 12.4 Å². The van der Waals surface area contributed by atoms with E-state index in [2.05, 4.69) is 58.1 Å². The van der Waals surface area contributed by atoms with Crippen LogP contribution in [0.2, 0.25) is 0 Å². The number of benzene rings is 4. The second-order valence-corrected chi connectivity index (χ2v) is 8.35. The van der Waals surface area contributed by atoms with Gasteiger partial charge in [0, 0.05) is 12.1 Å². The van der Waals surface area contributed by atoms with E-state index in [0.29, 0.717) is 18.7 Å². The number of carbonyl (C=O) groups is 1. The number of imidazole rings is 1. The zero-order valence-corrected chi connectivity index (χ0v) is 18.7. The Morgan fingerprint density at radius 2 is 1.79 bits per heavy atom. The summed E-state index contributed by atoms with van der Waals surface area (Å²) in [5.74, 6) is 0.378. The number of fused-ring (bicyclic) bond motifs is 4. The van der Waals surface area contributed by atoms with Crippen molar-refractivity contribution in [3.05, 3.63) is 114 Å². The molecule has 5 aromatic rings. The number of rotatable bonds is 3. The third kappa shape index (κ3) is 3.42. The predicted octanol–water partition coefficient (Wildman–Crippen LogP) is 6.00. The quantitative estimate of drug-likeness (QED) is 0.319. The van der Waals surface area contributed by atoms with Gasteiger partial charge in [0.15, 0.2) is 0 Å². The maximum absolute atomic E-state index is 12.2. The minimum absolute atomic E-state index is 0.368. The highest BCUT2D eigenvalue weighted by molar-refractivity contribution is 5.96. The molecule has 0 atom stereocenters. The van der Waals surface area contributed by atoms with Crippen LogP contribution in [-0.2, 0) is 17.9 Å². The number of allylic oxidation sites excluding steroid dienone is 1. The summed E-state index contributed by atoms with van der Waals surface area (Å²) in [5, 5.41) is 2.36. The fourth-order valence-electron chi connectivity index (χ4n) is 4.62. The van der Waals surface area contributed by atoms with Crippen LogP contribution in [0.4, 0.5) is 0 Å². The van der Waals surface area contributed by atoms with Crippen molar-refractivity contribution >= 4 is 33.3 Å². The SMILES string of the molecule is COC(=O)c1ccc2c(c1)/C(=C/Cn1cnc3cc4ccccc4cc31)c1ccccc1CO2. The maximum Gasteiger partial charge on any atom is 0.337 e. The first-order valence-corrected chi connectivity index (χ1v) is 11.2. The molecule has 0 saturated carbocycles. The molecule has 5 nitrogen and oxygen atoms in total. The smallest absolute Gasteiger partial charge is 0.337 e. The van der Waals surface area contributed by atoms with Gasteiger partial charge in [0.2, 0.25) is 0 Å². The van der Waals surface area contributed by atoms with Crippen molar-refractivity contribution in [1.29, 1.82) is 0 Å². The molecule has 2 heterocycles.